The van der Waals surface area contributed by atoms with E-state index < -0.39 is 0 Å². The maximum Gasteiger partial charge on any atom is 0.0419 e. The smallest absolute Gasteiger partial charge is 0.0419 e. The Morgan fingerprint density at radius 2 is 2.10 bits per heavy atom. The van der Waals surface area contributed by atoms with Crippen molar-refractivity contribution in [2.75, 3.05) is 11.9 Å². The lowest BCUT2D eigenvalue weighted by molar-refractivity contribution is 0.262. The average Bonchev–Trinajstić information content (AvgIpc) is 2.98. The quantitative estimate of drug-likeness (QED) is 0.843. The summed E-state index contributed by atoms with van der Waals surface area (Å²) in [7, 11) is 0. The summed E-state index contributed by atoms with van der Waals surface area (Å²) in [5.74, 6) is 0.901. The van der Waals surface area contributed by atoms with E-state index in [0.29, 0.717) is 6.04 Å². The minimum Gasteiger partial charge on any atom is -0.384 e. The van der Waals surface area contributed by atoms with Gasteiger partial charge in [-0.15, -0.1) is 0 Å². The molecule has 0 saturated heterocycles. The molecule has 2 aliphatic rings. The van der Waals surface area contributed by atoms with E-state index in [2.05, 4.69) is 35.8 Å². The van der Waals surface area contributed by atoms with Crippen LogP contribution in [-0.4, -0.2) is 12.6 Å². The van der Waals surface area contributed by atoms with Crippen LogP contribution in [0, 0.1) is 5.92 Å². The molecule has 1 aliphatic carbocycles. The standard InChI is InChI=1S/C18H28N2/c1-2-17(14-7-4-3-5-8-14)20-13-16-10-6-9-15-11-12-19-18(15)16/h6,9-10,14,17,19-20H,2-5,7-8,11-13H2,1H3. The Balaban J connectivity index is 1.61. The predicted octanol–water partition coefficient (Wildman–Crippen LogP) is 4.10. The highest BCUT2D eigenvalue weighted by Crippen LogP contribution is 2.29. The van der Waals surface area contributed by atoms with Gasteiger partial charge in [-0.2, -0.15) is 0 Å². The summed E-state index contributed by atoms with van der Waals surface area (Å²) < 4.78 is 0. The second-order valence-corrected chi connectivity index (χ2v) is 6.42. The van der Waals surface area contributed by atoms with Crippen LogP contribution in [0.25, 0.3) is 0 Å². The average molecular weight is 272 g/mol. The second-order valence-electron chi connectivity index (χ2n) is 6.42. The molecule has 0 bridgehead atoms. The first-order valence-electron chi connectivity index (χ1n) is 8.46. The Morgan fingerprint density at radius 3 is 2.90 bits per heavy atom. The first-order chi connectivity index (χ1) is 9.88. The minimum absolute atomic E-state index is 0.701. The van der Waals surface area contributed by atoms with E-state index in [0.717, 1.165) is 19.0 Å². The number of nitrogens with one attached hydrogen (secondary N) is 2. The summed E-state index contributed by atoms with van der Waals surface area (Å²) in [5.41, 5.74) is 4.35. The number of benzene rings is 1. The first-order valence-corrected chi connectivity index (χ1v) is 8.46. The van der Waals surface area contributed by atoms with Gasteiger partial charge in [0.2, 0.25) is 0 Å². The molecule has 1 aromatic carbocycles. The van der Waals surface area contributed by atoms with Gasteiger partial charge in [-0.25, -0.2) is 0 Å². The summed E-state index contributed by atoms with van der Waals surface area (Å²) in [6, 6.07) is 7.45. The third-order valence-corrected chi connectivity index (χ3v) is 5.15. The van der Waals surface area contributed by atoms with Crippen molar-refractivity contribution >= 4 is 5.69 Å². The molecule has 1 aliphatic heterocycles. The number of anilines is 1. The van der Waals surface area contributed by atoms with E-state index in [-0.39, 0.29) is 0 Å². The molecule has 0 aromatic heterocycles. The van der Waals surface area contributed by atoms with Gasteiger partial charge in [-0.1, -0.05) is 44.4 Å². The molecule has 1 aromatic rings. The van der Waals surface area contributed by atoms with Crippen LogP contribution in [0.2, 0.25) is 0 Å². The molecule has 1 fully saturated rings. The predicted molar refractivity (Wildman–Crippen MR) is 86.1 cm³/mol. The number of rotatable bonds is 5. The topological polar surface area (TPSA) is 24.1 Å². The summed E-state index contributed by atoms with van der Waals surface area (Å²) in [5, 5.41) is 7.40. The monoisotopic (exact) mass is 272 g/mol. The van der Waals surface area contributed by atoms with Gasteiger partial charge in [-0.3, -0.25) is 0 Å². The zero-order valence-electron chi connectivity index (χ0n) is 12.8. The molecule has 0 amide bonds. The molecule has 1 saturated carbocycles. The fourth-order valence-corrected chi connectivity index (χ4v) is 3.98. The number of fused-ring (bicyclic) bond motifs is 1. The van der Waals surface area contributed by atoms with Gasteiger partial charge >= 0.3 is 0 Å². The molecule has 20 heavy (non-hydrogen) atoms. The molecule has 110 valence electrons. The van der Waals surface area contributed by atoms with Crippen molar-refractivity contribution in [1.82, 2.24) is 5.32 Å². The van der Waals surface area contributed by atoms with E-state index in [1.54, 1.807) is 0 Å². The van der Waals surface area contributed by atoms with Crippen molar-refractivity contribution in [3.05, 3.63) is 29.3 Å². The normalized spacial score (nSPS) is 20.4. The molecule has 0 spiro atoms. The summed E-state index contributed by atoms with van der Waals surface area (Å²) in [6.45, 7) is 4.46. The molecule has 1 atom stereocenters. The Kier molecular flexibility index (Phi) is 4.62. The van der Waals surface area contributed by atoms with Gasteiger partial charge in [0.05, 0.1) is 0 Å². The van der Waals surface area contributed by atoms with Crippen LogP contribution in [0.3, 0.4) is 0 Å². The van der Waals surface area contributed by atoms with Crippen molar-refractivity contribution in [3.8, 4) is 0 Å². The van der Waals surface area contributed by atoms with Crippen LogP contribution in [0.5, 0.6) is 0 Å². The molecular formula is C18H28N2. The van der Waals surface area contributed by atoms with Gasteiger partial charge in [0.1, 0.15) is 0 Å². The molecule has 2 N–H and O–H groups in total. The van der Waals surface area contributed by atoms with Gasteiger partial charge in [0, 0.05) is 24.8 Å². The van der Waals surface area contributed by atoms with Gasteiger partial charge in [0.15, 0.2) is 0 Å². The molecule has 1 unspecified atom stereocenters. The van der Waals surface area contributed by atoms with Crippen molar-refractivity contribution in [3.63, 3.8) is 0 Å². The summed E-state index contributed by atoms with van der Waals surface area (Å²) in [4.78, 5) is 0. The SMILES string of the molecule is CCC(NCc1cccc2c1NCC2)C1CCCCC1. The van der Waals surface area contributed by atoms with Crippen LogP contribution in [0.1, 0.15) is 56.6 Å². The Hall–Kier alpha value is -1.02. The van der Waals surface area contributed by atoms with Crippen LogP contribution in [-0.2, 0) is 13.0 Å². The van der Waals surface area contributed by atoms with Crippen molar-refractivity contribution < 1.29 is 0 Å². The van der Waals surface area contributed by atoms with Crippen molar-refractivity contribution in [2.45, 2.75) is 64.5 Å². The minimum atomic E-state index is 0.701. The molecule has 2 heteroatoms. The highest BCUT2D eigenvalue weighted by atomic mass is 14.9. The van der Waals surface area contributed by atoms with Gasteiger partial charge in [-0.05, 0) is 42.7 Å². The van der Waals surface area contributed by atoms with Crippen LogP contribution in [0.15, 0.2) is 18.2 Å². The number of hydrogen-bond donors (Lipinski definition) is 2. The Morgan fingerprint density at radius 1 is 1.25 bits per heavy atom. The maximum atomic E-state index is 3.85. The third kappa shape index (κ3) is 3.01. The lowest BCUT2D eigenvalue weighted by Crippen LogP contribution is -2.36. The van der Waals surface area contributed by atoms with Crippen LogP contribution < -0.4 is 10.6 Å². The Labute approximate surface area is 123 Å². The van der Waals surface area contributed by atoms with Crippen molar-refractivity contribution in [1.29, 1.82) is 0 Å². The highest BCUT2D eigenvalue weighted by Gasteiger charge is 2.22. The lowest BCUT2D eigenvalue weighted by Gasteiger charge is -2.30. The van der Waals surface area contributed by atoms with Crippen molar-refractivity contribution in [2.24, 2.45) is 5.92 Å². The highest BCUT2D eigenvalue weighted by molar-refractivity contribution is 5.61. The van der Waals surface area contributed by atoms with E-state index in [4.69, 9.17) is 0 Å². The van der Waals surface area contributed by atoms with Crippen LogP contribution in [0.4, 0.5) is 5.69 Å². The number of para-hydroxylation sites is 1. The summed E-state index contributed by atoms with van der Waals surface area (Å²) >= 11 is 0. The van der Waals surface area contributed by atoms with E-state index in [1.165, 1.54) is 61.8 Å². The zero-order valence-corrected chi connectivity index (χ0v) is 12.8. The maximum absolute atomic E-state index is 3.85. The second kappa shape index (κ2) is 6.62. The first kappa shape index (κ1) is 13.9. The molecule has 0 radical (unpaired) electrons. The van der Waals surface area contributed by atoms with E-state index >= 15 is 0 Å². The zero-order chi connectivity index (χ0) is 13.8. The Bertz CT molecular complexity index is 435. The lowest BCUT2D eigenvalue weighted by atomic mass is 9.83. The van der Waals surface area contributed by atoms with Gasteiger partial charge < -0.3 is 10.6 Å². The fraction of sp³-hybridized carbons (Fsp3) is 0.667. The summed E-state index contributed by atoms with van der Waals surface area (Å²) in [6.07, 6.45) is 9.61. The van der Waals surface area contributed by atoms with Crippen LogP contribution >= 0.6 is 0 Å². The van der Waals surface area contributed by atoms with Gasteiger partial charge in [0.25, 0.3) is 0 Å². The molecule has 3 rings (SSSR count). The van der Waals surface area contributed by atoms with E-state index in [1.807, 2.05) is 0 Å². The molecule has 2 nitrogen and oxygen atoms in total. The number of hydrogen-bond acceptors (Lipinski definition) is 2. The fourth-order valence-electron chi connectivity index (χ4n) is 3.98. The molecular weight excluding hydrogens is 244 g/mol. The molecule has 1 heterocycles. The largest absolute Gasteiger partial charge is 0.384 e. The third-order valence-electron chi connectivity index (χ3n) is 5.15. The van der Waals surface area contributed by atoms with E-state index in [9.17, 15) is 0 Å².